The zero-order valence-electron chi connectivity index (χ0n) is 17.4. The Bertz CT molecular complexity index is 1290. The number of aryl methyl sites for hydroxylation is 1. The molecule has 0 spiro atoms. The summed E-state index contributed by atoms with van der Waals surface area (Å²) in [6.45, 7) is 3.06. The third-order valence-electron chi connectivity index (χ3n) is 4.82. The molecule has 1 saturated heterocycles. The zero-order chi connectivity index (χ0) is 22.9. The second kappa shape index (κ2) is 8.60. The molecule has 1 fully saturated rings. The summed E-state index contributed by atoms with van der Waals surface area (Å²) < 4.78 is 25.0. The molecule has 0 radical (unpaired) electrons. The summed E-state index contributed by atoms with van der Waals surface area (Å²) in [6.07, 6.45) is 1.09. The number of urea groups is 1. The van der Waals surface area contributed by atoms with Gasteiger partial charge in [-0.25, -0.2) is 18.2 Å². The zero-order valence-corrected chi connectivity index (χ0v) is 19.0. The number of aromatic nitrogens is 1. The van der Waals surface area contributed by atoms with E-state index in [4.69, 9.17) is 0 Å². The molecule has 0 aliphatic carbocycles. The van der Waals surface area contributed by atoms with Gasteiger partial charge < -0.3 is 5.32 Å². The maximum Gasteiger partial charge on any atom is 0.322 e. The number of carbonyl (C=O) groups excluding carboxylic acids is 2. The molecule has 0 atom stereocenters. The third-order valence-corrected chi connectivity index (χ3v) is 6.18. The van der Waals surface area contributed by atoms with Crippen molar-refractivity contribution in [3.8, 4) is 11.3 Å². The molecular weight excluding hydrogens is 450 g/mol. The van der Waals surface area contributed by atoms with Gasteiger partial charge in [0.1, 0.15) is 0 Å². The molecule has 166 valence electrons. The Morgan fingerprint density at radius 2 is 1.94 bits per heavy atom. The smallest absolute Gasteiger partial charge is 0.322 e. The number of hydrogen-bond donors (Lipinski definition) is 3. The molecule has 0 saturated carbocycles. The van der Waals surface area contributed by atoms with E-state index in [2.05, 4.69) is 20.3 Å². The molecule has 2 aromatic carbocycles. The van der Waals surface area contributed by atoms with E-state index >= 15 is 0 Å². The highest BCUT2D eigenvalue weighted by molar-refractivity contribution is 7.92. The Morgan fingerprint density at radius 3 is 2.56 bits per heavy atom. The maximum atomic E-state index is 12.7. The van der Waals surface area contributed by atoms with Crippen molar-refractivity contribution in [3.05, 3.63) is 59.0 Å². The molecule has 1 aliphatic rings. The van der Waals surface area contributed by atoms with Crippen LogP contribution in [0.25, 0.3) is 11.3 Å². The highest BCUT2D eigenvalue weighted by Gasteiger charge is 2.23. The number of benzene rings is 2. The predicted octanol–water partition coefficient (Wildman–Crippen LogP) is 3.27. The van der Waals surface area contributed by atoms with Gasteiger partial charge in [-0.05, 0) is 42.8 Å². The molecule has 4 rings (SSSR count). The number of sulfonamides is 1. The van der Waals surface area contributed by atoms with Crippen LogP contribution in [-0.2, 0) is 10.0 Å². The van der Waals surface area contributed by atoms with Gasteiger partial charge in [-0.3, -0.25) is 19.7 Å². The molecule has 3 aromatic rings. The number of nitrogens with zero attached hydrogens (tertiary/aromatic N) is 2. The summed E-state index contributed by atoms with van der Waals surface area (Å²) in [4.78, 5) is 30.7. The Balaban J connectivity index is 1.45. The fourth-order valence-corrected chi connectivity index (χ4v) is 4.64. The van der Waals surface area contributed by atoms with Gasteiger partial charge in [0.15, 0.2) is 5.13 Å². The molecule has 2 heterocycles. The molecule has 1 aromatic heterocycles. The first-order valence-electron chi connectivity index (χ1n) is 9.71. The van der Waals surface area contributed by atoms with Gasteiger partial charge in [0.05, 0.1) is 11.9 Å². The number of amides is 3. The average Bonchev–Trinajstić information content (AvgIpc) is 3.36. The van der Waals surface area contributed by atoms with Crippen molar-refractivity contribution in [2.24, 2.45) is 0 Å². The van der Waals surface area contributed by atoms with Crippen molar-refractivity contribution in [2.75, 3.05) is 34.3 Å². The number of hydrogen-bond acceptors (Lipinski definition) is 6. The van der Waals surface area contributed by atoms with E-state index < -0.39 is 10.0 Å². The lowest BCUT2D eigenvalue weighted by Gasteiger charge is -2.17. The molecule has 32 heavy (non-hydrogen) atoms. The van der Waals surface area contributed by atoms with Crippen LogP contribution in [-0.4, -0.2) is 44.7 Å². The number of carbonyl (C=O) groups is 2. The first-order valence-corrected chi connectivity index (χ1v) is 12.5. The molecule has 0 bridgehead atoms. The van der Waals surface area contributed by atoms with Crippen LogP contribution in [0.1, 0.15) is 15.9 Å². The minimum absolute atomic E-state index is 0.138. The SMILES string of the molecule is Cc1cc(C(=O)Nc2nc(-c3ccc(NS(C)(=O)=O)cc3)cs2)ccc1N1CCNC1=O. The first kappa shape index (κ1) is 21.8. The van der Waals surface area contributed by atoms with E-state index in [0.29, 0.717) is 35.2 Å². The molecule has 0 unspecified atom stereocenters. The van der Waals surface area contributed by atoms with Crippen LogP contribution in [0.15, 0.2) is 47.8 Å². The first-order chi connectivity index (χ1) is 15.2. The van der Waals surface area contributed by atoms with Gasteiger partial charge >= 0.3 is 6.03 Å². The summed E-state index contributed by atoms with van der Waals surface area (Å²) in [5.41, 5.74) is 4.01. The topological polar surface area (TPSA) is 120 Å². The normalized spacial score (nSPS) is 13.7. The van der Waals surface area contributed by atoms with E-state index in [9.17, 15) is 18.0 Å². The number of rotatable bonds is 6. The quantitative estimate of drug-likeness (QED) is 0.510. The van der Waals surface area contributed by atoms with E-state index in [0.717, 1.165) is 23.1 Å². The second-order valence-electron chi connectivity index (χ2n) is 7.33. The molecular formula is C21H21N5O4S2. The van der Waals surface area contributed by atoms with Crippen LogP contribution in [0.3, 0.4) is 0 Å². The molecule has 3 N–H and O–H groups in total. The van der Waals surface area contributed by atoms with E-state index in [1.54, 1.807) is 47.4 Å². The number of thiazole rings is 1. The van der Waals surface area contributed by atoms with Gasteiger partial charge in [-0.15, -0.1) is 11.3 Å². The van der Waals surface area contributed by atoms with Crippen LogP contribution in [0, 0.1) is 6.92 Å². The lowest BCUT2D eigenvalue weighted by Crippen LogP contribution is -2.28. The van der Waals surface area contributed by atoms with Crippen molar-refractivity contribution in [2.45, 2.75) is 6.92 Å². The van der Waals surface area contributed by atoms with E-state index in [-0.39, 0.29) is 11.9 Å². The van der Waals surface area contributed by atoms with Gasteiger partial charge in [0, 0.05) is 41.0 Å². The van der Waals surface area contributed by atoms with Crippen LogP contribution in [0.5, 0.6) is 0 Å². The third kappa shape index (κ3) is 4.89. The van der Waals surface area contributed by atoms with E-state index in [1.807, 2.05) is 12.3 Å². The molecule has 1 aliphatic heterocycles. The average molecular weight is 472 g/mol. The van der Waals surface area contributed by atoms with Gasteiger partial charge in [-0.2, -0.15) is 0 Å². The minimum Gasteiger partial charge on any atom is -0.336 e. The van der Waals surface area contributed by atoms with Crippen LogP contribution >= 0.6 is 11.3 Å². The summed E-state index contributed by atoms with van der Waals surface area (Å²) in [5.74, 6) is -0.292. The van der Waals surface area contributed by atoms with Crippen molar-refractivity contribution < 1.29 is 18.0 Å². The van der Waals surface area contributed by atoms with Crippen molar-refractivity contribution in [1.29, 1.82) is 0 Å². The standard InChI is InChI=1S/C21H21N5O4S2/c1-13-11-15(5-8-18(13)26-10-9-22-21(26)28)19(27)24-20-23-17(12-31-20)14-3-6-16(7-4-14)25-32(2,29)30/h3-8,11-12,25H,9-10H2,1-2H3,(H,22,28)(H,23,24,27). The summed E-state index contributed by atoms with van der Waals surface area (Å²) in [5, 5.41) is 7.83. The van der Waals surface area contributed by atoms with Crippen LogP contribution in [0.2, 0.25) is 0 Å². The van der Waals surface area contributed by atoms with Gasteiger partial charge in [0.25, 0.3) is 5.91 Å². The minimum atomic E-state index is -3.34. The highest BCUT2D eigenvalue weighted by Crippen LogP contribution is 2.27. The Labute approximate surface area is 189 Å². The molecule has 11 heteroatoms. The van der Waals surface area contributed by atoms with Crippen LogP contribution in [0.4, 0.5) is 21.3 Å². The predicted molar refractivity (Wildman–Crippen MR) is 126 cm³/mol. The summed E-state index contributed by atoms with van der Waals surface area (Å²) in [7, 11) is -3.34. The number of anilines is 3. The van der Waals surface area contributed by atoms with Crippen molar-refractivity contribution >= 4 is 49.8 Å². The van der Waals surface area contributed by atoms with Crippen molar-refractivity contribution in [3.63, 3.8) is 0 Å². The summed E-state index contributed by atoms with van der Waals surface area (Å²) in [6, 6.07) is 11.9. The van der Waals surface area contributed by atoms with Crippen LogP contribution < -0.4 is 20.3 Å². The lowest BCUT2D eigenvalue weighted by atomic mass is 10.1. The maximum absolute atomic E-state index is 12.7. The van der Waals surface area contributed by atoms with E-state index in [1.165, 1.54) is 11.3 Å². The second-order valence-corrected chi connectivity index (χ2v) is 9.93. The van der Waals surface area contributed by atoms with Crippen molar-refractivity contribution in [1.82, 2.24) is 10.3 Å². The molecule has 9 nitrogen and oxygen atoms in total. The fraction of sp³-hybridized carbons (Fsp3) is 0.190. The summed E-state index contributed by atoms with van der Waals surface area (Å²) >= 11 is 1.29. The number of nitrogens with one attached hydrogen (secondary N) is 3. The Hall–Kier alpha value is -3.44. The lowest BCUT2D eigenvalue weighted by molar-refractivity contribution is 0.102. The van der Waals surface area contributed by atoms with Gasteiger partial charge in [-0.1, -0.05) is 12.1 Å². The van der Waals surface area contributed by atoms with Gasteiger partial charge in [0.2, 0.25) is 10.0 Å². The Morgan fingerprint density at radius 1 is 1.19 bits per heavy atom. The fourth-order valence-electron chi connectivity index (χ4n) is 3.36. The molecule has 3 amide bonds. The largest absolute Gasteiger partial charge is 0.336 e. The monoisotopic (exact) mass is 471 g/mol. The highest BCUT2D eigenvalue weighted by atomic mass is 32.2. The Kier molecular flexibility index (Phi) is 5.85.